The molecule has 0 atom stereocenters. The van der Waals surface area contributed by atoms with E-state index < -0.39 is 0 Å². The van der Waals surface area contributed by atoms with Gasteiger partial charge in [0.1, 0.15) is 5.75 Å². The lowest BCUT2D eigenvalue weighted by atomic mass is 9.92. The van der Waals surface area contributed by atoms with Crippen molar-refractivity contribution in [3.8, 4) is 5.75 Å². The second-order valence-corrected chi connectivity index (χ2v) is 5.70. The third-order valence-corrected chi connectivity index (χ3v) is 2.98. The third-order valence-electron chi connectivity index (χ3n) is 2.98. The normalized spacial score (nSPS) is 11.0. The lowest BCUT2D eigenvalue weighted by Crippen LogP contribution is -2.20. The van der Waals surface area contributed by atoms with E-state index in [2.05, 4.69) is 41.6 Å². The molecule has 21 heavy (non-hydrogen) atoms. The van der Waals surface area contributed by atoms with Gasteiger partial charge >= 0.3 is 6.03 Å². The Morgan fingerprint density at radius 3 is 2.57 bits per heavy atom. The summed E-state index contributed by atoms with van der Waals surface area (Å²) in [5.74, 6) is 1.08. The van der Waals surface area contributed by atoms with Crippen LogP contribution in [0.15, 0.2) is 30.3 Å². The van der Waals surface area contributed by atoms with Crippen LogP contribution in [0.4, 0.5) is 16.3 Å². The van der Waals surface area contributed by atoms with Crippen molar-refractivity contribution < 1.29 is 9.53 Å². The van der Waals surface area contributed by atoms with Crippen molar-refractivity contribution in [1.82, 2.24) is 10.2 Å². The van der Waals surface area contributed by atoms with Crippen molar-refractivity contribution in [1.29, 1.82) is 0 Å². The summed E-state index contributed by atoms with van der Waals surface area (Å²) in [4.78, 5) is 12.0. The lowest BCUT2D eigenvalue weighted by Gasteiger charge is -2.14. The number of rotatable bonds is 3. The number of carbonyl (C=O) groups is 1. The van der Waals surface area contributed by atoms with Crippen LogP contribution in [0.5, 0.6) is 5.75 Å². The second-order valence-electron chi connectivity index (χ2n) is 5.70. The van der Waals surface area contributed by atoms with E-state index in [1.54, 1.807) is 19.2 Å². The van der Waals surface area contributed by atoms with Gasteiger partial charge in [0.15, 0.2) is 5.82 Å². The molecule has 112 valence electrons. The molecule has 2 rings (SSSR count). The van der Waals surface area contributed by atoms with E-state index in [1.807, 2.05) is 18.2 Å². The summed E-state index contributed by atoms with van der Waals surface area (Å²) in [6.07, 6.45) is 0. The number of methoxy groups -OCH3 is 1. The highest BCUT2D eigenvalue weighted by Gasteiger charge is 2.17. The van der Waals surface area contributed by atoms with Crippen LogP contribution in [0.25, 0.3) is 0 Å². The minimum absolute atomic E-state index is 0.0495. The molecule has 0 unspecified atom stereocenters. The molecule has 0 spiro atoms. The average Bonchev–Trinajstić information content (AvgIpc) is 2.87. The Labute approximate surface area is 123 Å². The number of aromatic nitrogens is 2. The van der Waals surface area contributed by atoms with Crippen LogP contribution in [-0.4, -0.2) is 23.3 Å². The largest absolute Gasteiger partial charge is 0.495 e. The van der Waals surface area contributed by atoms with Crippen LogP contribution in [0.2, 0.25) is 0 Å². The molecule has 3 N–H and O–H groups in total. The van der Waals surface area contributed by atoms with Crippen molar-refractivity contribution in [2.24, 2.45) is 0 Å². The fourth-order valence-electron chi connectivity index (χ4n) is 1.79. The molecule has 0 aliphatic rings. The smallest absolute Gasteiger partial charge is 0.325 e. The van der Waals surface area contributed by atoms with E-state index in [1.165, 1.54) is 0 Å². The highest BCUT2D eigenvalue weighted by molar-refractivity contribution is 6.00. The molecule has 2 amide bonds. The number of urea groups is 1. The van der Waals surface area contributed by atoms with Gasteiger partial charge in [-0.1, -0.05) is 32.9 Å². The summed E-state index contributed by atoms with van der Waals surface area (Å²) in [7, 11) is 1.56. The summed E-state index contributed by atoms with van der Waals surface area (Å²) in [6, 6.07) is 8.66. The summed E-state index contributed by atoms with van der Waals surface area (Å²) >= 11 is 0. The first kappa shape index (κ1) is 14.9. The van der Waals surface area contributed by atoms with E-state index >= 15 is 0 Å². The molecule has 1 aromatic heterocycles. The fourth-order valence-corrected chi connectivity index (χ4v) is 1.79. The zero-order valence-corrected chi connectivity index (χ0v) is 12.7. The molecular formula is C15H20N4O2. The van der Waals surface area contributed by atoms with Crippen molar-refractivity contribution in [2.75, 3.05) is 17.7 Å². The number of amides is 2. The van der Waals surface area contributed by atoms with Crippen LogP contribution in [0.3, 0.4) is 0 Å². The molecule has 0 aliphatic heterocycles. The van der Waals surface area contributed by atoms with Crippen molar-refractivity contribution in [3.63, 3.8) is 0 Å². The number of H-pyrrole nitrogens is 1. The Morgan fingerprint density at radius 1 is 1.24 bits per heavy atom. The van der Waals surface area contributed by atoms with Gasteiger partial charge in [0.05, 0.1) is 12.8 Å². The number of benzene rings is 1. The van der Waals surface area contributed by atoms with Gasteiger partial charge in [-0.25, -0.2) is 4.79 Å². The Balaban J connectivity index is 2.03. The zero-order valence-electron chi connectivity index (χ0n) is 12.7. The third kappa shape index (κ3) is 3.75. The number of nitrogens with zero attached hydrogens (tertiary/aromatic N) is 1. The number of anilines is 2. The SMILES string of the molecule is COc1ccccc1NC(=O)Nc1cc(C(C)(C)C)[nH]n1. The number of carbonyl (C=O) groups excluding carboxylic acids is 1. The maximum Gasteiger partial charge on any atom is 0.325 e. The molecule has 0 radical (unpaired) electrons. The molecule has 0 aliphatic carbocycles. The first-order chi connectivity index (χ1) is 9.90. The quantitative estimate of drug-likeness (QED) is 0.810. The highest BCUT2D eigenvalue weighted by Crippen LogP contribution is 2.24. The van der Waals surface area contributed by atoms with Gasteiger partial charge < -0.3 is 10.1 Å². The maximum atomic E-state index is 12.0. The first-order valence-electron chi connectivity index (χ1n) is 6.67. The van der Waals surface area contributed by atoms with Crippen LogP contribution < -0.4 is 15.4 Å². The number of aromatic amines is 1. The topological polar surface area (TPSA) is 79.0 Å². The lowest BCUT2D eigenvalue weighted by molar-refractivity contribution is 0.262. The molecular weight excluding hydrogens is 268 g/mol. The molecule has 1 heterocycles. The maximum absolute atomic E-state index is 12.0. The first-order valence-corrected chi connectivity index (χ1v) is 6.67. The summed E-state index contributed by atoms with van der Waals surface area (Å²) in [5, 5.41) is 12.4. The monoisotopic (exact) mass is 288 g/mol. The van der Waals surface area contributed by atoms with Crippen molar-refractivity contribution >= 4 is 17.5 Å². The molecule has 6 nitrogen and oxygen atoms in total. The summed E-state index contributed by atoms with van der Waals surface area (Å²) in [6.45, 7) is 6.21. The molecule has 0 saturated carbocycles. The second kappa shape index (κ2) is 5.87. The van der Waals surface area contributed by atoms with Crippen LogP contribution >= 0.6 is 0 Å². The van der Waals surface area contributed by atoms with Crippen molar-refractivity contribution in [2.45, 2.75) is 26.2 Å². The number of hydrogen-bond donors (Lipinski definition) is 3. The Kier molecular flexibility index (Phi) is 4.16. The van der Waals surface area contributed by atoms with Gasteiger partial charge in [-0.15, -0.1) is 0 Å². The Bertz CT molecular complexity index is 629. The van der Waals surface area contributed by atoms with E-state index in [-0.39, 0.29) is 11.4 Å². The summed E-state index contributed by atoms with van der Waals surface area (Å²) < 4.78 is 5.18. The number of nitrogens with one attached hydrogen (secondary N) is 3. The molecule has 0 fully saturated rings. The molecule has 0 bridgehead atoms. The predicted molar refractivity (Wildman–Crippen MR) is 82.9 cm³/mol. The van der Waals surface area contributed by atoms with Gasteiger partial charge in [0.25, 0.3) is 0 Å². The van der Waals surface area contributed by atoms with Gasteiger partial charge in [-0.05, 0) is 12.1 Å². The van der Waals surface area contributed by atoms with Crippen LogP contribution in [0.1, 0.15) is 26.5 Å². The van der Waals surface area contributed by atoms with E-state index in [4.69, 9.17) is 4.74 Å². The molecule has 6 heteroatoms. The highest BCUT2D eigenvalue weighted by atomic mass is 16.5. The van der Waals surface area contributed by atoms with Gasteiger partial charge in [0.2, 0.25) is 0 Å². The zero-order chi connectivity index (χ0) is 15.5. The standard InChI is InChI=1S/C15H20N4O2/c1-15(2,3)12-9-13(19-18-12)17-14(20)16-10-7-5-6-8-11(10)21-4/h5-9H,1-4H3,(H3,16,17,18,19,20). The van der Waals surface area contributed by atoms with Crippen LogP contribution in [-0.2, 0) is 5.41 Å². The van der Waals surface area contributed by atoms with E-state index in [0.717, 1.165) is 5.69 Å². The molecule has 0 saturated heterocycles. The number of para-hydroxylation sites is 2. The molecule has 2 aromatic rings. The van der Waals surface area contributed by atoms with E-state index in [9.17, 15) is 4.79 Å². The summed E-state index contributed by atoms with van der Waals surface area (Å²) in [5.41, 5.74) is 1.51. The Hall–Kier alpha value is -2.50. The van der Waals surface area contributed by atoms with Gasteiger partial charge in [-0.3, -0.25) is 10.4 Å². The van der Waals surface area contributed by atoms with Crippen LogP contribution in [0, 0.1) is 0 Å². The minimum atomic E-state index is -0.369. The average molecular weight is 288 g/mol. The minimum Gasteiger partial charge on any atom is -0.495 e. The van der Waals surface area contributed by atoms with E-state index in [0.29, 0.717) is 17.3 Å². The number of ether oxygens (including phenoxy) is 1. The number of hydrogen-bond acceptors (Lipinski definition) is 3. The van der Waals surface area contributed by atoms with Gasteiger partial charge in [-0.2, -0.15) is 5.10 Å². The van der Waals surface area contributed by atoms with Gasteiger partial charge in [0, 0.05) is 17.2 Å². The predicted octanol–water partition coefficient (Wildman–Crippen LogP) is 3.36. The fraction of sp³-hybridized carbons (Fsp3) is 0.333. The van der Waals surface area contributed by atoms with Crippen molar-refractivity contribution in [3.05, 3.63) is 36.0 Å². The Morgan fingerprint density at radius 2 is 1.95 bits per heavy atom. The molecule has 1 aromatic carbocycles.